The van der Waals surface area contributed by atoms with Gasteiger partial charge in [-0.3, -0.25) is 9.59 Å². The molecule has 0 fully saturated rings. The number of para-hydroxylation sites is 1. The predicted molar refractivity (Wildman–Crippen MR) is 100 cm³/mol. The molecule has 2 aromatic carbocycles. The molecule has 0 unspecified atom stereocenters. The molecule has 1 N–H and O–H groups in total. The number of anilines is 1. The lowest BCUT2D eigenvalue weighted by Crippen LogP contribution is -2.25. The Kier molecular flexibility index (Phi) is 3.68. The molecule has 4 heteroatoms. The highest BCUT2D eigenvalue weighted by molar-refractivity contribution is 6.06. The van der Waals surface area contributed by atoms with E-state index in [-0.39, 0.29) is 16.9 Å². The second kappa shape index (κ2) is 5.88. The van der Waals surface area contributed by atoms with Crippen LogP contribution in [0, 0.1) is 13.8 Å². The van der Waals surface area contributed by atoms with Crippen LogP contribution in [0.2, 0.25) is 0 Å². The fraction of sp³-hybridized carbons (Fsp3) is 0.238. The third-order valence-electron chi connectivity index (χ3n) is 5.12. The summed E-state index contributed by atoms with van der Waals surface area (Å²) in [4.78, 5) is 25.7. The molecule has 0 saturated carbocycles. The van der Waals surface area contributed by atoms with Crippen LogP contribution in [0.15, 0.2) is 47.4 Å². The molecule has 0 bridgehead atoms. The molecule has 2 heterocycles. The van der Waals surface area contributed by atoms with Crippen molar-refractivity contribution in [1.29, 1.82) is 0 Å². The van der Waals surface area contributed by atoms with E-state index >= 15 is 0 Å². The molecular weight excluding hydrogens is 312 g/mol. The van der Waals surface area contributed by atoms with Crippen LogP contribution < -0.4 is 10.7 Å². The smallest absolute Gasteiger partial charge is 0.261 e. The van der Waals surface area contributed by atoms with Gasteiger partial charge in [-0.05, 0) is 55.5 Å². The normalized spacial score (nSPS) is 13.0. The Morgan fingerprint density at radius 2 is 1.92 bits per heavy atom. The first kappa shape index (κ1) is 15.6. The van der Waals surface area contributed by atoms with Crippen LogP contribution in [0.4, 0.5) is 5.69 Å². The third-order valence-corrected chi connectivity index (χ3v) is 5.12. The number of carbonyl (C=O) groups is 1. The molecule has 1 aliphatic heterocycles. The van der Waals surface area contributed by atoms with Crippen molar-refractivity contribution in [3.8, 4) is 0 Å². The van der Waals surface area contributed by atoms with Gasteiger partial charge in [0.05, 0.1) is 5.52 Å². The van der Waals surface area contributed by atoms with E-state index in [2.05, 4.69) is 11.4 Å². The van der Waals surface area contributed by atoms with Crippen molar-refractivity contribution in [3.05, 3.63) is 75.1 Å². The first-order chi connectivity index (χ1) is 12.1. The molecule has 4 nitrogen and oxygen atoms in total. The molecular formula is C21H20N2O2. The Morgan fingerprint density at radius 3 is 2.76 bits per heavy atom. The number of carbonyl (C=O) groups excluding carboxylic acids is 1. The molecule has 1 aliphatic rings. The highest BCUT2D eigenvalue weighted by atomic mass is 16.2. The lowest BCUT2D eigenvalue weighted by atomic mass is 9.99. The molecule has 0 aliphatic carbocycles. The second-order valence-corrected chi connectivity index (χ2v) is 6.68. The van der Waals surface area contributed by atoms with Crippen molar-refractivity contribution in [2.75, 3.05) is 5.32 Å². The average Bonchev–Trinajstić information content (AvgIpc) is 2.62. The van der Waals surface area contributed by atoms with E-state index < -0.39 is 0 Å². The third kappa shape index (κ3) is 2.54. The Bertz CT molecular complexity index is 1060. The standard InChI is InChI=1S/C21H20N2O2/c1-13-6-3-10-18(14(13)2)22-21(25)17-12-23-11-5-8-15-7-4-9-16(19(15)23)20(17)24/h3-4,6-7,9-10,12H,5,8,11H2,1-2H3,(H,22,25). The summed E-state index contributed by atoms with van der Waals surface area (Å²) >= 11 is 0. The topological polar surface area (TPSA) is 51.1 Å². The Labute approximate surface area is 146 Å². The van der Waals surface area contributed by atoms with Crippen LogP contribution in [-0.4, -0.2) is 10.5 Å². The molecule has 0 radical (unpaired) electrons. The van der Waals surface area contributed by atoms with Crippen molar-refractivity contribution in [2.45, 2.75) is 33.2 Å². The minimum Gasteiger partial charge on any atom is -0.346 e. The first-order valence-electron chi connectivity index (χ1n) is 8.59. The van der Waals surface area contributed by atoms with Crippen molar-refractivity contribution < 1.29 is 4.79 Å². The minimum absolute atomic E-state index is 0.196. The molecule has 1 amide bonds. The Morgan fingerprint density at radius 1 is 1.12 bits per heavy atom. The quantitative estimate of drug-likeness (QED) is 0.776. The summed E-state index contributed by atoms with van der Waals surface area (Å²) in [6, 6.07) is 11.6. The number of hydrogen-bond donors (Lipinski definition) is 1. The maximum absolute atomic E-state index is 12.9. The van der Waals surface area contributed by atoms with Crippen LogP contribution >= 0.6 is 0 Å². The number of aryl methyl sites for hydroxylation is 3. The van der Waals surface area contributed by atoms with Gasteiger partial charge in [0.25, 0.3) is 5.91 Å². The van der Waals surface area contributed by atoms with E-state index in [0.717, 1.165) is 41.7 Å². The fourth-order valence-electron chi connectivity index (χ4n) is 3.59. The molecule has 0 spiro atoms. The Hall–Kier alpha value is -2.88. The number of amides is 1. The van der Waals surface area contributed by atoms with E-state index in [1.807, 2.05) is 48.7 Å². The van der Waals surface area contributed by atoms with Crippen molar-refractivity contribution >= 4 is 22.5 Å². The molecule has 4 rings (SSSR count). The van der Waals surface area contributed by atoms with Crippen LogP contribution in [0.3, 0.4) is 0 Å². The van der Waals surface area contributed by atoms with Gasteiger partial charge in [0.15, 0.2) is 0 Å². The Balaban J connectivity index is 1.82. The van der Waals surface area contributed by atoms with Gasteiger partial charge < -0.3 is 9.88 Å². The van der Waals surface area contributed by atoms with Crippen molar-refractivity contribution in [3.63, 3.8) is 0 Å². The number of rotatable bonds is 2. The summed E-state index contributed by atoms with van der Waals surface area (Å²) in [6.45, 7) is 4.80. The van der Waals surface area contributed by atoms with Gasteiger partial charge in [-0.15, -0.1) is 0 Å². The van der Waals surface area contributed by atoms with Crippen LogP contribution in [0.1, 0.15) is 33.5 Å². The zero-order valence-corrected chi connectivity index (χ0v) is 14.4. The van der Waals surface area contributed by atoms with Crippen molar-refractivity contribution in [1.82, 2.24) is 4.57 Å². The SMILES string of the molecule is Cc1cccc(NC(=O)c2cn3c4c(cccc4c2=O)CCC3)c1C. The highest BCUT2D eigenvalue weighted by Crippen LogP contribution is 2.24. The van der Waals surface area contributed by atoms with E-state index in [1.165, 1.54) is 5.56 Å². The maximum atomic E-state index is 12.9. The van der Waals surface area contributed by atoms with Crippen LogP contribution in [0.25, 0.3) is 10.9 Å². The van der Waals surface area contributed by atoms with Gasteiger partial charge in [0.1, 0.15) is 5.56 Å². The molecule has 0 atom stereocenters. The summed E-state index contributed by atoms with van der Waals surface area (Å²) in [6.07, 6.45) is 3.71. The minimum atomic E-state index is -0.347. The lowest BCUT2D eigenvalue weighted by Gasteiger charge is -2.20. The summed E-state index contributed by atoms with van der Waals surface area (Å²) in [5.74, 6) is -0.347. The summed E-state index contributed by atoms with van der Waals surface area (Å²) in [7, 11) is 0. The molecule has 0 saturated heterocycles. The maximum Gasteiger partial charge on any atom is 0.261 e. The largest absolute Gasteiger partial charge is 0.346 e. The number of nitrogens with one attached hydrogen (secondary N) is 1. The predicted octanol–water partition coefficient (Wildman–Crippen LogP) is 3.82. The van der Waals surface area contributed by atoms with Gasteiger partial charge in [-0.25, -0.2) is 0 Å². The second-order valence-electron chi connectivity index (χ2n) is 6.68. The average molecular weight is 332 g/mol. The number of nitrogens with zero attached hydrogens (tertiary/aromatic N) is 1. The fourth-order valence-corrected chi connectivity index (χ4v) is 3.59. The molecule has 1 aromatic heterocycles. The zero-order chi connectivity index (χ0) is 17.6. The number of pyridine rings is 1. The van der Waals surface area contributed by atoms with Crippen molar-refractivity contribution in [2.24, 2.45) is 0 Å². The van der Waals surface area contributed by atoms with Crippen LogP contribution in [0.5, 0.6) is 0 Å². The zero-order valence-electron chi connectivity index (χ0n) is 14.4. The van der Waals surface area contributed by atoms with E-state index in [1.54, 1.807) is 6.20 Å². The molecule has 3 aromatic rings. The summed E-state index contributed by atoms with van der Waals surface area (Å²) < 4.78 is 2.05. The van der Waals surface area contributed by atoms with E-state index in [4.69, 9.17) is 0 Å². The molecule has 25 heavy (non-hydrogen) atoms. The summed E-state index contributed by atoms with van der Waals surface area (Å²) in [5.41, 5.74) is 5.03. The first-order valence-corrected chi connectivity index (χ1v) is 8.59. The number of aromatic nitrogens is 1. The van der Waals surface area contributed by atoms with Gasteiger partial charge in [0, 0.05) is 23.8 Å². The number of benzene rings is 2. The lowest BCUT2D eigenvalue weighted by molar-refractivity contribution is 0.102. The van der Waals surface area contributed by atoms with E-state index in [9.17, 15) is 9.59 Å². The van der Waals surface area contributed by atoms with Gasteiger partial charge in [-0.2, -0.15) is 0 Å². The highest BCUT2D eigenvalue weighted by Gasteiger charge is 2.19. The van der Waals surface area contributed by atoms with Gasteiger partial charge in [0.2, 0.25) is 5.43 Å². The number of hydrogen-bond acceptors (Lipinski definition) is 2. The van der Waals surface area contributed by atoms with Gasteiger partial charge in [-0.1, -0.05) is 24.3 Å². The summed E-state index contributed by atoms with van der Waals surface area (Å²) in [5, 5.41) is 3.53. The monoisotopic (exact) mass is 332 g/mol. The van der Waals surface area contributed by atoms with Gasteiger partial charge >= 0.3 is 0 Å². The van der Waals surface area contributed by atoms with E-state index in [0.29, 0.717) is 5.39 Å². The molecule has 126 valence electrons. The van der Waals surface area contributed by atoms with Crippen LogP contribution in [-0.2, 0) is 13.0 Å².